The van der Waals surface area contributed by atoms with Gasteiger partial charge in [-0.3, -0.25) is 9.69 Å². The third kappa shape index (κ3) is 5.35. The summed E-state index contributed by atoms with van der Waals surface area (Å²) >= 11 is 0. The molecule has 3 aromatic rings. The van der Waals surface area contributed by atoms with Gasteiger partial charge in [-0.2, -0.15) is 0 Å². The molecule has 2 aliphatic heterocycles. The van der Waals surface area contributed by atoms with Gasteiger partial charge in [0.1, 0.15) is 0 Å². The quantitative estimate of drug-likeness (QED) is 0.592. The fourth-order valence-corrected chi connectivity index (χ4v) is 4.40. The minimum absolute atomic E-state index is 0.0566. The molecule has 0 bridgehead atoms. The normalized spacial score (nSPS) is 16.0. The van der Waals surface area contributed by atoms with Crippen LogP contribution in [0.2, 0.25) is 0 Å². The first-order valence-corrected chi connectivity index (χ1v) is 11.5. The van der Waals surface area contributed by atoms with E-state index in [1.54, 1.807) is 0 Å². The summed E-state index contributed by atoms with van der Waals surface area (Å²) in [5, 5.41) is 3.11. The average Bonchev–Trinajstić information content (AvgIpc) is 3.33. The lowest BCUT2D eigenvalue weighted by molar-refractivity contribution is -0.116. The third-order valence-electron chi connectivity index (χ3n) is 6.25. The highest BCUT2D eigenvalue weighted by Crippen LogP contribution is 2.33. The van der Waals surface area contributed by atoms with Crippen molar-refractivity contribution < 1.29 is 14.3 Å². The average molecular weight is 444 g/mol. The Balaban J connectivity index is 1.08. The summed E-state index contributed by atoms with van der Waals surface area (Å²) < 4.78 is 10.9. The zero-order chi connectivity index (χ0) is 22.5. The highest BCUT2D eigenvalue weighted by Gasteiger charge is 2.19. The molecule has 5 rings (SSSR count). The fourth-order valence-electron chi connectivity index (χ4n) is 4.40. The van der Waals surface area contributed by atoms with Crippen molar-refractivity contribution in [3.8, 4) is 22.6 Å². The van der Waals surface area contributed by atoms with Gasteiger partial charge in [-0.1, -0.05) is 54.6 Å². The molecule has 2 aliphatic rings. The maximum atomic E-state index is 12.7. The van der Waals surface area contributed by atoms with Crippen LogP contribution in [0.15, 0.2) is 72.8 Å². The van der Waals surface area contributed by atoms with Crippen molar-refractivity contribution in [2.45, 2.75) is 13.0 Å². The zero-order valence-corrected chi connectivity index (χ0v) is 18.7. The second-order valence-corrected chi connectivity index (χ2v) is 8.52. The van der Waals surface area contributed by atoms with Gasteiger partial charge in [0, 0.05) is 56.9 Å². The lowest BCUT2D eigenvalue weighted by Crippen LogP contribution is -2.46. The number of carbonyl (C=O) groups excluding carboxylic acids is 1. The van der Waals surface area contributed by atoms with Gasteiger partial charge in [0.05, 0.1) is 0 Å². The van der Waals surface area contributed by atoms with Crippen LogP contribution in [0.1, 0.15) is 12.0 Å². The van der Waals surface area contributed by atoms with Crippen molar-refractivity contribution >= 4 is 11.6 Å². The van der Waals surface area contributed by atoms with Crippen LogP contribution < -0.4 is 14.8 Å². The van der Waals surface area contributed by atoms with Crippen LogP contribution in [0.5, 0.6) is 11.5 Å². The number of para-hydroxylation sites is 1. The third-order valence-corrected chi connectivity index (χ3v) is 6.25. The van der Waals surface area contributed by atoms with E-state index in [-0.39, 0.29) is 5.91 Å². The molecule has 1 saturated heterocycles. The van der Waals surface area contributed by atoms with E-state index in [2.05, 4.69) is 39.4 Å². The zero-order valence-electron chi connectivity index (χ0n) is 18.7. The number of anilines is 1. The van der Waals surface area contributed by atoms with Crippen molar-refractivity contribution in [2.24, 2.45) is 0 Å². The van der Waals surface area contributed by atoms with Crippen LogP contribution in [0, 0.1) is 0 Å². The predicted octanol–water partition coefficient (Wildman–Crippen LogP) is 4.23. The number of amides is 1. The van der Waals surface area contributed by atoms with Gasteiger partial charge >= 0.3 is 0 Å². The van der Waals surface area contributed by atoms with E-state index >= 15 is 0 Å². The van der Waals surface area contributed by atoms with Crippen LogP contribution in [-0.4, -0.2) is 55.2 Å². The number of nitrogens with one attached hydrogen (secondary N) is 1. The molecular formula is C27H29N3O3. The Morgan fingerprint density at radius 1 is 0.818 bits per heavy atom. The molecule has 0 aromatic heterocycles. The molecule has 0 radical (unpaired) electrons. The van der Waals surface area contributed by atoms with Crippen LogP contribution in [0.4, 0.5) is 5.69 Å². The van der Waals surface area contributed by atoms with Crippen molar-refractivity contribution in [1.82, 2.24) is 9.80 Å². The predicted molar refractivity (Wildman–Crippen MR) is 129 cm³/mol. The van der Waals surface area contributed by atoms with Gasteiger partial charge in [-0.25, -0.2) is 0 Å². The molecule has 6 nitrogen and oxygen atoms in total. The summed E-state index contributed by atoms with van der Waals surface area (Å²) in [6, 6.07) is 24.3. The topological polar surface area (TPSA) is 54.0 Å². The summed E-state index contributed by atoms with van der Waals surface area (Å²) in [6.45, 7) is 5.91. The molecule has 6 heteroatoms. The largest absolute Gasteiger partial charge is 0.454 e. The molecule has 0 spiro atoms. The molecule has 2 heterocycles. The molecule has 33 heavy (non-hydrogen) atoms. The molecule has 0 aliphatic carbocycles. The Morgan fingerprint density at radius 3 is 2.39 bits per heavy atom. The van der Waals surface area contributed by atoms with Crippen molar-refractivity contribution in [3.05, 3.63) is 78.4 Å². The van der Waals surface area contributed by atoms with Crippen LogP contribution in [0.3, 0.4) is 0 Å². The molecule has 0 saturated carbocycles. The first-order valence-electron chi connectivity index (χ1n) is 11.5. The van der Waals surface area contributed by atoms with Crippen molar-refractivity contribution in [1.29, 1.82) is 0 Å². The van der Waals surface area contributed by atoms with E-state index in [9.17, 15) is 4.79 Å². The smallest absolute Gasteiger partial charge is 0.231 e. The fraction of sp³-hybridized carbons (Fsp3) is 0.296. The van der Waals surface area contributed by atoms with Crippen LogP contribution in [0.25, 0.3) is 11.1 Å². The Bertz CT molecular complexity index is 1090. The number of fused-ring (bicyclic) bond motifs is 1. The molecule has 1 amide bonds. The number of hydrogen-bond acceptors (Lipinski definition) is 5. The van der Waals surface area contributed by atoms with E-state index in [0.717, 1.165) is 67.6 Å². The Labute approximate surface area is 194 Å². The standard InChI is InChI=1S/C27H29N3O3/c31-27(28-24-9-5-4-8-23(24)22-6-2-1-3-7-22)12-13-29-14-16-30(17-15-29)19-21-10-11-25-26(18-21)33-20-32-25/h1-11,18H,12-17,19-20H2,(H,28,31). The van der Waals surface area contributed by atoms with Gasteiger partial charge in [-0.15, -0.1) is 0 Å². The molecule has 170 valence electrons. The van der Waals surface area contributed by atoms with Gasteiger partial charge in [0.15, 0.2) is 11.5 Å². The van der Waals surface area contributed by atoms with E-state index < -0.39 is 0 Å². The highest BCUT2D eigenvalue weighted by molar-refractivity contribution is 5.95. The van der Waals surface area contributed by atoms with Crippen LogP contribution in [-0.2, 0) is 11.3 Å². The molecule has 0 atom stereocenters. The number of benzene rings is 3. The Hall–Kier alpha value is -3.35. The monoisotopic (exact) mass is 443 g/mol. The number of rotatable bonds is 7. The molecular weight excluding hydrogens is 414 g/mol. The van der Waals surface area contributed by atoms with Crippen LogP contribution >= 0.6 is 0 Å². The summed E-state index contributed by atoms with van der Waals surface area (Å²) in [4.78, 5) is 17.5. The molecule has 3 aromatic carbocycles. The minimum Gasteiger partial charge on any atom is -0.454 e. The first kappa shape index (κ1) is 21.5. The van der Waals surface area contributed by atoms with E-state index in [1.165, 1.54) is 5.56 Å². The lowest BCUT2D eigenvalue weighted by Gasteiger charge is -2.34. The summed E-state index contributed by atoms with van der Waals surface area (Å²) in [5.41, 5.74) is 4.25. The second kappa shape index (κ2) is 10.1. The molecule has 1 N–H and O–H groups in total. The van der Waals surface area contributed by atoms with Gasteiger partial charge in [0.25, 0.3) is 0 Å². The van der Waals surface area contributed by atoms with E-state index in [4.69, 9.17) is 9.47 Å². The first-order chi connectivity index (χ1) is 16.2. The minimum atomic E-state index is 0.0566. The highest BCUT2D eigenvalue weighted by atomic mass is 16.7. The van der Waals surface area contributed by atoms with Crippen molar-refractivity contribution in [2.75, 3.05) is 44.8 Å². The number of nitrogens with zero attached hydrogens (tertiary/aromatic N) is 2. The summed E-state index contributed by atoms with van der Waals surface area (Å²) in [7, 11) is 0. The number of carbonyl (C=O) groups is 1. The maximum Gasteiger partial charge on any atom is 0.231 e. The number of piperazine rings is 1. The van der Waals surface area contributed by atoms with Crippen molar-refractivity contribution in [3.63, 3.8) is 0 Å². The Kier molecular flexibility index (Phi) is 6.56. The number of ether oxygens (including phenoxy) is 2. The Morgan fingerprint density at radius 2 is 1.55 bits per heavy atom. The van der Waals surface area contributed by atoms with E-state index in [0.29, 0.717) is 13.2 Å². The van der Waals surface area contributed by atoms with E-state index in [1.807, 2.05) is 48.5 Å². The van der Waals surface area contributed by atoms with Gasteiger partial charge in [0.2, 0.25) is 12.7 Å². The van der Waals surface area contributed by atoms with Gasteiger partial charge < -0.3 is 19.7 Å². The maximum absolute atomic E-state index is 12.7. The summed E-state index contributed by atoms with van der Waals surface area (Å²) in [5.74, 6) is 1.72. The SMILES string of the molecule is O=C(CCN1CCN(Cc2ccc3c(c2)OCO3)CC1)Nc1ccccc1-c1ccccc1. The number of hydrogen-bond donors (Lipinski definition) is 1. The molecule has 0 unspecified atom stereocenters. The van der Waals surface area contributed by atoms with Gasteiger partial charge in [-0.05, 0) is 29.3 Å². The second-order valence-electron chi connectivity index (χ2n) is 8.52. The summed E-state index contributed by atoms with van der Waals surface area (Å²) in [6.07, 6.45) is 0.491. The molecule has 1 fully saturated rings. The lowest BCUT2D eigenvalue weighted by atomic mass is 10.0.